The van der Waals surface area contributed by atoms with Crippen molar-refractivity contribution in [2.45, 2.75) is 25.4 Å². The molecule has 0 bridgehead atoms. The lowest BCUT2D eigenvalue weighted by molar-refractivity contribution is 0.0328. The van der Waals surface area contributed by atoms with Gasteiger partial charge in [0, 0.05) is 24.5 Å². The molecule has 2 aliphatic heterocycles. The second-order valence-corrected chi connectivity index (χ2v) is 9.29. The van der Waals surface area contributed by atoms with Gasteiger partial charge in [0.05, 0.1) is 23.1 Å². The van der Waals surface area contributed by atoms with E-state index in [-0.39, 0.29) is 29.5 Å². The number of para-hydroxylation sites is 1. The Morgan fingerprint density at radius 2 is 1.88 bits per heavy atom. The number of aromatic nitrogens is 1. The van der Waals surface area contributed by atoms with Gasteiger partial charge in [-0.1, -0.05) is 31.2 Å². The first kappa shape index (κ1) is 17.4. The fraction of sp³-hybridized carbons (Fsp3) is 0.474. The van der Waals surface area contributed by atoms with Gasteiger partial charge in [-0.05, 0) is 25.1 Å². The van der Waals surface area contributed by atoms with Gasteiger partial charge in [0.1, 0.15) is 5.69 Å². The normalized spacial score (nSPS) is 25.3. The lowest BCUT2D eigenvalue weighted by Gasteiger charge is -2.43. The molecule has 0 N–H and O–H groups in total. The molecule has 2 saturated heterocycles. The predicted molar refractivity (Wildman–Crippen MR) is 101 cm³/mol. The Morgan fingerprint density at radius 3 is 2.69 bits per heavy atom. The number of piperazine rings is 1. The maximum atomic E-state index is 13.1. The van der Waals surface area contributed by atoms with Crippen molar-refractivity contribution < 1.29 is 13.2 Å². The molecule has 4 rings (SSSR count). The van der Waals surface area contributed by atoms with Crippen LogP contribution in [0.5, 0.6) is 0 Å². The number of rotatable bonds is 3. The average Bonchev–Trinajstić information content (AvgIpc) is 2.96. The largest absolute Gasteiger partial charge is 0.330 e. The summed E-state index contributed by atoms with van der Waals surface area (Å²) in [6, 6.07) is 10.9. The molecule has 1 amide bonds. The van der Waals surface area contributed by atoms with Crippen LogP contribution in [0.2, 0.25) is 0 Å². The van der Waals surface area contributed by atoms with Crippen LogP contribution in [-0.2, 0) is 9.84 Å². The summed E-state index contributed by atoms with van der Waals surface area (Å²) >= 11 is 0. The maximum absolute atomic E-state index is 13.1. The Balaban J connectivity index is 1.64. The maximum Gasteiger partial charge on any atom is 0.272 e. The molecule has 26 heavy (non-hydrogen) atoms. The van der Waals surface area contributed by atoms with Crippen LogP contribution in [-0.4, -0.2) is 72.3 Å². The van der Waals surface area contributed by atoms with Crippen LogP contribution >= 0.6 is 0 Å². The molecular weight excluding hydrogens is 350 g/mol. The third-order valence-corrected chi connectivity index (χ3v) is 7.08. The molecule has 7 heteroatoms. The molecule has 1 aromatic carbocycles. The van der Waals surface area contributed by atoms with Gasteiger partial charge in [-0.3, -0.25) is 9.69 Å². The molecule has 1 aromatic heterocycles. The van der Waals surface area contributed by atoms with E-state index in [1.165, 1.54) is 0 Å². The monoisotopic (exact) mass is 373 g/mol. The van der Waals surface area contributed by atoms with Crippen LogP contribution in [0.1, 0.15) is 23.8 Å². The van der Waals surface area contributed by atoms with Gasteiger partial charge in [-0.15, -0.1) is 0 Å². The topological polar surface area (TPSA) is 70.6 Å². The number of benzene rings is 1. The molecular formula is C19H23N3O3S. The number of hydrogen-bond donors (Lipinski definition) is 0. The molecule has 3 heterocycles. The Bertz CT molecular complexity index is 944. The molecule has 2 aromatic rings. The highest BCUT2D eigenvalue weighted by Gasteiger charge is 2.47. The van der Waals surface area contributed by atoms with Crippen LogP contribution in [0.15, 0.2) is 36.4 Å². The molecule has 0 spiro atoms. The predicted octanol–water partition coefficient (Wildman–Crippen LogP) is 1.57. The van der Waals surface area contributed by atoms with Crippen molar-refractivity contribution in [3.05, 3.63) is 42.1 Å². The Kier molecular flexibility index (Phi) is 4.44. The number of amides is 1. The van der Waals surface area contributed by atoms with E-state index < -0.39 is 9.84 Å². The van der Waals surface area contributed by atoms with Crippen LogP contribution in [0, 0.1) is 0 Å². The van der Waals surface area contributed by atoms with Crippen LogP contribution < -0.4 is 0 Å². The van der Waals surface area contributed by atoms with Crippen molar-refractivity contribution in [3.63, 3.8) is 0 Å². The smallest absolute Gasteiger partial charge is 0.272 e. The molecule has 2 fully saturated rings. The van der Waals surface area contributed by atoms with Gasteiger partial charge >= 0.3 is 0 Å². The molecule has 138 valence electrons. The summed E-state index contributed by atoms with van der Waals surface area (Å²) < 4.78 is 24.5. The summed E-state index contributed by atoms with van der Waals surface area (Å²) in [5, 5.41) is 0.984. The zero-order chi connectivity index (χ0) is 18.3. The highest BCUT2D eigenvalue weighted by atomic mass is 32.2. The summed E-state index contributed by atoms with van der Waals surface area (Å²) in [7, 11) is -3.12. The van der Waals surface area contributed by atoms with Crippen molar-refractivity contribution in [2.75, 3.05) is 31.1 Å². The van der Waals surface area contributed by atoms with E-state index in [0.29, 0.717) is 18.8 Å². The summed E-state index contributed by atoms with van der Waals surface area (Å²) in [5.41, 5.74) is 1.16. The van der Waals surface area contributed by atoms with E-state index in [4.69, 9.17) is 0 Å². The third kappa shape index (κ3) is 3.10. The summed E-state index contributed by atoms with van der Waals surface area (Å²) in [5.74, 6) is 0.0306. The number of hydrogen-bond acceptors (Lipinski definition) is 5. The minimum absolute atomic E-state index is 0.0528. The van der Waals surface area contributed by atoms with Crippen molar-refractivity contribution in [1.29, 1.82) is 0 Å². The zero-order valence-corrected chi connectivity index (χ0v) is 15.7. The molecule has 0 unspecified atom stereocenters. The first-order valence-electron chi connectivity index (χ1n) is 9.10. The molecule has 0 aliphatic carbocycles. The minimum Gasteiger partial charge on any atom is -0.330 e. The van der Waals surface area contributed by atoms with Gasteiger partial charge in [0.15, 0.2) is 9.84 Å². The van der Waals surface area contributed by atoms with Crippen LogP contribution in [0.4, 0.5) is 0 Å². The van der Waals surface area contributed by atoms with E-state index >= 15 is 0 Å². The first-order chi connectivity index (χ1) is 12.5. The summed E-state index contributed by atoms with van der Waals surface area (Å²) in [4.78, 5) is 21.6. The zero-order valence-electron chi connectivity index (χ0n) is 14.8. The minimum atomic E-state index is -3.12. The lowest BCUT2D eigenvalue weighted by atomic mass is 10.0. The Hall–Kier alpha value is -1.99. The third-order valence-electron chi connectivity index (χ3n) is 5.38. The van der Waals surface area contributed by atoms with Crippen molar-refractivity contribution in [1.82, 2.24) is 14.8 Å². The second-order valence-electron chi connectivity index (χ2n) is 7.14. The SMILES string of the molecule is CCCN1CCN(C(=O)c2ccc3ccccc3n2)[C@@H]2CS(=O)(=O)C[C@@H]21. The van der Waals surface area contributed by atoms with Crippen molar-refractivity contribution in [2.24, 2.45) is 0 Å². The van der Waals surface area contributed by atoms with E-state index in [9.17, 15) is 13.2 Å². The quantitative estimate of drug-likeness (QED) is 0.817. The molecule has 0 radical (unpaired) electrons. The molecule has 2 aliphatic rings. The Morgan fingerprint density at radius 1 is 1.12 bits per heavy atom. The number of carbonyl (C=O) groups is 1. The van der Waals surface area contributed by atoms with Gasteiger partial charge in [-0.25, -0.2) is 13.4 Å². The molecule has 6 nitrogen and oxygen atoms in total. The lowest BCUT2D eigenvalue weighted by Crippen LogP contribution is -2.60. The number of sulfone groups is 1. The highest BCUT2D eigenvalue weighted by Crippen LogP contribution is 2.28. The van der Waals surface area contributed by atoms with Crippen LogP contribution in [0.25, 0.3) is 10.9 Å². The number of nitrogens with zero attached hydrogens (tertiary/aromatic N) is 3. The van der Waals surface area contributed by atoms with Gasteiger partial charge in [-0.2, -0.15) is 0 Å². The van der Waals surface area contributed by atoms with Crippen molar-refractivity contribution in [3.8, 4) is 0 Å². The number of carbonyl (C=O) groups excluding carboxylic acids is 1. The van der Waals surface area contributed by atoms with Crippen molar-refractivity contribution >= 4 is 26.6 Å². The van der Waals surface area contributed by atoms with Gasteiger partial charge in [0.2, 0.25) is 0 Å². The van der Waals surface area contributed by atoms with Gasteiger partial charge < -0.3 is 4.90 Å². The summed E-state index contributed by atoms with van der Waals surface area (Å²) in [6.45, 7) is 4.22. The summed E-state index contributed by atoms with van der Waals surface area (Å²) in [6.07, 6.45) is 0.976. The Labute approximate surface area is 153 Å². The van der Waals surface area contributed by atoms with E-state index in [0.717, 1.165) is 23.9 Å². The van der Waals surface area contributed by atoms with E-state index in [1.54, 1.807) is 11.0 Å². The first-order valence-corrected chi connectivity index (χ1v) is 10.9. The molecule has 0 saturated carbocycles. The fourth-order valence-electron chi connectivity index (χ4n) is 4.17. The fourth-order valence-corrected chi connectivity index (χ4v) is 6.19. The number of pyridine rings is 1. The second kappa shape index (κ2) is 6.63. The number of fused-ring (bicyclic) bond motifs is 2. The highest BCUT2D eigenvalue weighted by molar-refractivity contribution is 7.91. The standard InChI is InChI=1S/C19H23N3O3S/c1-2-9-21-10-11-22(18-13-26(24,25)12-17(18)21)19(23)16-8-7-14-5-3-4-6-15(14)20-16/h3-8,17-18H,2,9-13H2,1H3/t17-,18+/m0/s1. The van der Waals surface area contributed by atoms with E-state index in [2.05, 4.69) is 16.8 Å². The average molecular weight is 373 g/mol. The van der Waals surface area contributed by atoms with Crippen LogP contribution in [0.3, 0.4) is 0 Å². The van der Waals surface area contributed by atoms with Gasteiger partial charge in [0.25, 0.3) is 5.91 Å². The molecule has 2 atom stereocenters. The van der Waals surface area contributed by atoms with E-state index in [1.807, 2.05) is 30.3 Å².